The third-order valence-electron chi connectivity index (χ3n) is 3.42. The first-order valence-corrected chi connectivity index (χ1v) is 7.13. The van der Waals surface area contributed by atoms with Crippen molar-refractivity contribution >= 4 is 6.08 Å². The second-order valence-electron chi connectivity index (χ2n) is 5.08. The molecule has 0 atom stereocenters. The van der Waals surface area contributed by atoms with Gasteiger partial charge < -0.3 is 15.2 Å². The molecular weight excluding hydrogens is 264 g/mol. The molecule has 0 bridgehead atoms. The standard InChI is InChI=1S/C17H18N2O2/c20-15-4-5-17(19-12-15)21-16-3-1-2-14(11-16)10-13-6-8-18-9-7-13/h1-5,10-12,18,20H,6-9H2. The van der Waals surface area contributed by atoms with Crippen LogP contribution >= 0.6 is 0 Å². The molecule has 1 aliphatic heterocycles. The van der Waals surface area contributed by atoms with E-state index in [1.165, 1.54) is 11.8 Å². The minimum atomic E-state index is 0.131. The zero-order chi connectivity index (χ0) is 14.5. The molecular formula is C17H18N2O2. The molecule has 0 unspecified atom stereocenters. The third-order valence-corrected chi connectivity index (χ3v) is 3.42. The molecule has 0 radical (unpaired) electrons. The van der Waals surface area contributed by atoms with Gasteiger partial charge in [0.05, 0.1) is 6.20 Å². The highest BCUT2D eigenvalue weighted by Crippen LogP contribution is 2.23. The van der Waals surface area contributed by atoms with Crippen LogP contribution < -0.4 is 10.1 Å². The van der Waals surface area contributed by atoms with Crippen LogP contribution in [0.3, 0.4) is 0 Å². The first-order chi connectivity index (χ1) is 10.3. The summed E-state index contributed by atoms with van der Waals surface area (Å²) in [6, 6.07) is 11.2. The zero-order valence-corrected chi connectivity index (χ0v) is 11.7. The number of hydrogen-bond donors (Lipinski definition) is 2. The maximum absolute atomic E-state index is 9.22. The largest absolute Gasteiger partial charge is 0.506 e. The number of pyridine rings is 1. The Bertz CT molecular complexity index is 627. The summed E-state index contributed by atoms with van der Waals surface area (Å²) in [5.74, 6) is 1.35. The maximum atomic E-state index is 9.22. The number of nitrogens with zero attached hydrogens (tertiary/aromatic N) is 1. The SMILES string of the molecule is Oc1ccc(Oc2cccc(C=C3CCNCC3)c2)nc1. The average molecular weight is 282 g/mol. The molecule has 1 aromatic heterocycles. The van der Waals surface area contributed by atoms with E-state index in [0.717, 1.165) is 37.2 Å². The lowest BCUT2D eigenvalue weighted by atomic mass is 10.0. The molecule has 1 fully saturated rings. The van der Waals surface area contributed by atoms with Gasteiger partial charge in [0.25, 0.3) is 0 Å². The Kier molecular flexibility index (Phi) is 4.17. The molecule has 21 heavy (non-hydrogen) atoms. The van der Waals surface area contributed by atoms with Crippen LogP contribution in [0.1, 0.15) is 18.4 Å². The van der Waals surface area contributed by atoms with Gasteiger partial charge in [0.1, 0.15) is 11.5 Å². The van der Waals surface area contributed by atoms with Crippen molar-refractivity contribution < 1.29 is 9.84 Å². The first-order valence-electron chi connectivity index (χ1n) is 7.13. The van der Waals surface area contributed by atoms with E-state index in [1.54, 1.807) is 12.1 Å². The van der Waals surface area contributed by atoms with Crippen molar-refractivity contribution in [3.63, 3.8) is 0 Å². The van der Waals surface area contributed by atoms with Crippen LogP contribution in [0.5, 0.6) is 17.4 Å². The fourth-order valence-electron chi connectivity index (χ4n) is 2.35. The highest BCUT2D eigenvalue weighted by Gasteiger charge is 2.05. The van der Waals surface area contributed by atoms with Crippen molar-refractivity contribution in [1.29, 1.82) is 0 Å². The number of hydrogen-bond acceptors (Lipinski definition) is 4. The van der Waals surface area contributed by atoms with E-state index in [9.17, 15) is 5.11 Å². The molecule has 4 nitrogen and oxygen atoms in total. The Labute approximate surface area is 124 Å². The molecule has 0 saturated carbocycles. The number of rotatable bonds is 3. The molecule has 4 heteroatoms. The van der Waals surface area contributed by atoms with Crippen LogP contribution in [0.4, 0.5) is 0 Å². The summed E-state index contributed by atoms with van der Waals surface area (Å²) in [7, 11) is 0. The highest BCUT2D eigenvalue weighted by molar-refractivity contribution is 5.55. The van der Waals surface area contributed by atoms with Crippen molar-refractivity contribution in [3.8, 4) is 17.4 Å². The minimum absolute atomic E-state index is 0.131. The van der Waals surface area contributed by atoms with Crippen molar-refractivity contribution in [2.24, 2.45) is 0 Å². The number of aromatic hydroxyl groups is 1. The Morgan fingerprint density at radius 2 is 2.00 bits per heavy atom. The predicted octanol–water partition coefficient (Wildman–Crippen LogP) is 3.35. The summed E-state index contributed by atoms with van der Waals surface area (Å²) in [6.07, 6.45) is 5.81. The first kappa shape index (κ1) is 13.6. The number of nitrogens with one attached hydrogen (secondary N) is 1. The van der Waals surface area contributed by atoms with Gasteiger partial charge in [-0.15, -0.1) is 0 Å². The summed E-state index contributed by atoms with van der Waals surface area (Å²) in [5.41, 5.74) is 2.61. The van der Waals surface area contributed by atoms with E-state index < -0.39 is 0 Å². The molecule has 0 spiro atoms. The quantitative estimate of drug-likeness (QED) is 0.906. The van der Waals surface area contributed by atoms with Crippen molar-refractivity contribution in [1.82, 2.24) is 10.3 Å². The lowest BCUT2D eigenvalue weighted by Gasteiger charge is -2.15. The fraction of sp³-hybridized carbons (Fsp3) is 0.235. The Hall–Kier alpha value is -2.33. The van der Waals surface area contributed by atoms with Crippen LogP contribution in [0, 0.1) is 0 Å². The molecule has 108 valence electrons. The Balaban J connectivity index is 1.75. The number of piperidine rings is 1. The van der Waals surface area contributed by atoms with Gasteiger partial charge in [0, 0.05) is 6.07 Å². The highest BCUT2D eigenvalue weighted by atomic mass is 16.5. The summed E-state index contributed by atoms with van der Waals surface area (Å²) >= 11 is 0. The van der Waals surface area contributed by atoms with Gasteiger partial charge in [-0.2, -0.15) is 0 Å². The molecule has 1 saturated heterocycles. The molecule has 1 aromatic carbocycles. The second kappa shape index (κ2) is 6.41. The van der Waals surface area contributed by atoms with Crippen molar-refractivity contribution in [3.05, 3.63) is 53.7 Å². The lowest BCUT2D eigenvalue weighted by molar-refractivity contribution is 0.447. The van der Waals surface area contributed by atoms with Crippen LogP contribution in [0.2, 0.25) is 0 Å². The van der Waals surface area contributed by atoms with E-state index >= 15 is 0 Å². The van der Waals surface area contributed by atoms with E-state index in [1.807, 2.05) is 18.2 Å². The summed E-state index contributed by atoms with van der Waals surface area (Å²) in [6.45, 7) is 2.11. The molecule has 1 aliphatic rings. The van der Waals surface area contributed by atoms with Gasteiger partial charge in [-0.1, -0.05) is 23.8 Å². The maximum Gasteiger partial charge on any atom is 0.219 e. The monoisotopic (exact) mass is 282 g/mol. The molecule has 2 heterocycles. The second-order valence-corrected chi connectivity index (χ2v) is 5.08. The predicted molar refractivity (Wildman–Crippen MR) is 82.5 cm³/mol. The zero-order valence-electron chi connectivity index (χ0n) is 11.7. The van der Waals surface area contributed by atoms with Crippen LogP contribution in [0.15, 0.2) is 48.2 Å². The molecule has 2 N–H and O–H groups in total. The van der Waals surface area contributed by atoms with E-state index in [0.29, 0.717) is 5.88 Å². The molecule has 0 amide bonds. The van der Waals surface area contributed by atoms with Crippen LogP contribution in [0.25, 0.3) is 6.08 Å². The van der Waals surface area contributed by atoms with Crippen LogP contribution in [-0.4, -0.2) is 23.2 Å². The van der Waals surface area contributed by atoms with E-state index in [2.05, 4.69) is 22.4 Å². The third kappa shape index (κ3) is 3.83. The summed E-state index contributed by atoms with van der Waals surface area (Å²) in [5, 5.41) is 12.6. The Morgan fingerprint density at radius 1 is 1.14 bits per heavy atom. The van der Waals surface area contributed by atoms with Gasteiger partial charge in [-0.25, -0.2) is 4.98 Å². The fourth-order valence-corrected chi connectivity index (χ4v) is 2.35. The smallest absolute Gasteiger partial charge is 0.219 e. The van der Waals surface area contributed by atoms with Gasteiger partial charge in [-0.3, -0.25) is 0 Å². The van der Waals surface area contributed by atoms with E-state index in [4.69, 9.17) is 4.74 Å². The number of ether oxygens (including phenoxy) is 1. The molecule has 0 aliphatic carbocycles. The minimum Gasteiger partial charge on any atom is -0.506 e. The van der Waals surface area contributed by atoms with Gasteiger partial charge in [0.15, 0.2) is 0 Å². The topological polar surface area (TPSA) is 54.4 Å². The Morgan fingerprint density at radius 3 is 2.76 bits per heavy atom. The van der Waals surface area contributed by atoms with Gasteiger partial charge in [0.2, 0.25) is 5.88 Å². The van der Waals surface area contributed by atoms with Crippen molar-refractivity contribution in [2.75, 3.05) is 13.1 Å². The lowest BCUT2D eigenvalue weighted by Crippen LogP contribution is -2.22. The van der Waals surface area contributed by atoms with E-state index in [-0.39, 0.29) is 5.75 Å². The number of benzene rings is 1. The summed E-state index contributed by atoms with van der Waals surface area (Å²) < 4.78 is 5.70. The normalized spacial score (nSPS) is 14.8. The van der Waals surface area contributed by atoms with Gasteiger partial charge in [-0.05, 0) is 49.7 Å². The average Bonchev–Trinajstić information content (AvgIpc) is 2.51. The molecule has 3 rings (SSSR count). The summed E-state index contributed by atoms with van der Waals surface area (Å²) in [4.78, 5) is 4.02. The molecule has 2 aromatic rings. The van der Waals surface area contributed by atoms with Gasteiger partial charge >= 0.3 is 0 Å². The van der Waals surface area contributed by atoms with Crippen LogP contribution in [-0.2, 0) is 0 Å². The van der Waals surface area contributed by atoms with Crippen molar-refractivity contribution in [2.45, 2.75) is 12.8 Å². The number of aromatic nitrogens is 1.